The van der Waals surface area contributed by atoms with E-state index in [4.69, 9.17) is 51.8 Å². The number of ether oxygens (including phenoxy) is 1. The Labute approximate surface area is 234 Å². The summed E-state index contributed by atoms with van der Waals surface area (Å²) in [7, 11) is 0. The minimum absolute atomic E-state index is 0.187. The van der Waals surface area contributed by atoms with Crippen molar-refractivity contribution < 1.29 is 14.3 Å². The molecule has 1 saturated heterocycles. The fourth-order valence-electron chi connectivity index (χ4n) is 3.07. The number of amides is 2. The number of hydrogen-bond acceptors (Lipinski definition) is 5. The number of hydrogen-bond donors (Lipinski definition) is 1. The van der Waals surface area contributed by atoms with E-state index >= 15 is 0 Å². The van der Waals surface area contributed by atoms with Crippen molar-refractivity contribution in [3.63, 3.8) is 0 Å². The second-order valence-corrected chi connectivity index (χ2v) is 11.0. The van der Waals surface area contributed by atoms with E-state index in [0.29, 0.717) is 26.3 Å². The van der Waals surface area contributed by atoms with Gasteiger partial charge >= 0.3 is 0 Å². The number of nitrogens with one attached hydrogen (secondary N) is 1. The van der Waals surface area contributed by atoms with Crippen molar-refractivity contribution in [2.24, 2.45) is 0 Å². The molecular weight excluding hydrogens is 615 g/mol. The number of nitrogens with zero attached hydrogens (tertiary/aromatic N) is 1. The number of carbonyl (C=O) groups excluding carboxylic acids is 2. The average molecular weight is 629 g/mol. The first-order valence-electron chi connectivity index (χ1n) is 9.92. The Morgan fingerprint density at radius 1 is 1.09 bits per heavy atom. The SMILES string of the molecule is O=C(NN1C(=O)/C(=C\c2cc(Br)ccc2OCc2ccc(Cl)cc2Cl)SC1=S)c1ccccc1Cl. The standard InChI is InChI=1S/C24H14BrCl3N2O3S2/c25-15-6-8-20(33-12-13-5-7-16(26)11-19(13)28)14(9-15)10-21-23(32)30(24(34)35-21)29-22(31)17-3-1-2-4-18(17)27/h1-11H,12H2,(H,29,31)/b21-10+. The first-order chi connectivity index (χ1) is 16.7. The summed E-state index contributed by atoms with van der Waals surface area (Å²) in [6, 6.07) is 17.1. The van der Waals surface area contributed by atoms with Crippen LogP contribution in [0.5, 0.6) is 5.75 Å². The van der Waals surface area contributed by atoms with Crippen LogP contribution in [-0.2, 0) is 11.4 Å². The van der Waals surface area contributed by atoms with Crippen molar-refractivity contribution in [3.8, 4) is 5.75 Å². The Kier molecular flexibility index (Phi) is 8.42. The molecule has 35 heavy (non-hydrogen) atoms. The lowest BCUT2D eigenvalue weighted by atomic mass is 10.1. The summed E-state index contributed by atoms with van der Waals surface area (Å²) in [6.45, 7) is 0.202. The summed E-state index contributed by atoms with van der Waals surface area (Å²) < 4.78 is 6.97. The summed E-state index contributed by atoms with van der Waals surface area (Å²) in [5, 5.41) is 2.32. The Bertz CT molecular complexity index is 1380. The molecule has 1 heterocycles. The normalized spacial score (nSPS) is 14.5. The van der Waals surface area contributed by atoms with Crippen molar-refractivity contribution in [2.45, 2.75) is 6.61 Å². The van der Waals surface area contributed by atoms with Crippen molar-refractivity contribution >= 4 is 96.9 Å². The number of carbonyl (C=O) groups is 2. The van der Waals surface area contributed by atoms with Gasteiger partial charge in [0.15, 0.2) is 4.32 Å². The van der Waals surface area contributed by atoms with Gasteiger partial charge in [-0.3, -0.25) is 15.0 Å². The Morgan fingerprint density at radius 2 is 1.86 bits per heavy atom. The third-order valence-corrected chi connectivity index (χ3v) is 7.49. The van der Waals surface area contributed by atoms with Gasteiger partial charge in [0.2, 0.25) is 0 Å². The van der Waals surface area contributed by atoms with Crippen LogP contribution in [-0.4, -0.2) is 21.1 Å². The van der Waals surface area contributed by atoms with E-state index in [1.165, 1.54) is 0 Å². The number of thioether (sulfide) groups is 1. The molecule has 5 nitrogen and oxygen atoms in total. The van der Waals surface area contributed by atoms with Crippen LogP contribution in [0.2, 0.25) is 15.1 Å². The molecule has 0 aliphatic carbocycles. The topological polar surface area (TPSA) is 58.6 Å². The highest BCUT2D eigenvalue weighted by molar-refractivity contribution is 9.10. The number of benzene rings is 3. The highest BCUT2D eigenvalue weighted by Gasteiger charge is 2.34. The van der Waals surface area contributed by atoms with Gasteiger partial charge in [-0.25, -0.2) is 0 Å². The second-order valence-electron chi connectivity index (χ2n) is 7.14. The maximum atomic E-state index is 13.0. The summed E-state index contributed by atoms with van der Waals surface area (Å²) in [5.74, 6) is -0.476. The summed E-state index contributed by atoms with van der Waals surface area (Å²) in [5.41, 5.74) is 4.16. The van der Waals surface area contributed by atoms with E-state index < -0.39 is 11.8 Å². The van der Waals surface area contributed by atoms with Gasteiger partial charge in [-0.15, -0.1) is 0 Å². The van der Waals surface area contributed by atoms with E-state index in [2.05, 4.69) is 21.4 Å². The summed E-state index contributed by atoms with van der Waals surface area (Å²) in [4.78, 5) is 26.0. The van der Waals surface area contributed by atoms with Gasteiger partial charge in [-0.05, 0) is 60.8 Å². The minimum Gasteiger partial charge on any atom is -0.488 e. The van der Waals surface area contributed by atoms with Gasteiger partial charge in [-0.1, -0.05) is 80.7 Å². The zero-order valence-corrected chi connectivity index (χ0v) is 23.0. The maximum absolute atomic E-state index is 13.0. The highest BCUT2D eigenvalue weighted by atomic mass is 79.9. The van der Waals surface area contributed by atoms with E-state index in [1.807, 2.05) is 12.1 Å². The van der Waals surface area contributed by atoms with Crippen LogP contribution in [0.3, 0.4) is 0 Å². The summed E-state index contributed by atoms with van der Waals surface area (Å²) >= 11 is 28.1. The number of halogens is 4. The van der Waals surface area contributed by atoms with Crippen LogP contribution in [0.1, 0.15) is 21.5 Å². The molecule has 1 aliphatic rings. The number of thiocarbonyl (C=S) groups is 1. The molecular formula is C24H14BrCl3N2O3S2. The number of hydrazine groups is 1. The molecule has 0 bridgehead atoms. The third kappa shape index (κ3) is 6.20. The molecule has 4 rings (SSSR count). The molecule has 0 saturated carbocycles. The quantitative estimate of drug-likeness (QED) is 0.226. The van der Waals surface area contributed by atoms with Crippen molar-refractivity contribution in [1.82, 2.24) is 10.4 Å². The third-order valence-electron chi connectivity index (χ3n) is 4.78. The Morgan fingerprint density at radius 3 is 2.60 bits per heavy atom. The van der Waals surface area contributed by atoms with Crippen molar-refractivity contribution in [2.75, 3.05) is 0 Å². The molecule has 0 radical (unpaired) electrons. The smallest absolute Gasteiger partial charge is 0.285 e. The maximum Gasteiger partial charge on any atom is 0.285 e. The van der Waals surface area contributed by atoms with Gasteiger partial charge in [0, 0.05) is 25.6 Å². The van der Waals surface area contributed by atoms with Gasteiger partial charge in [0.25, 0.3) is 11.8 Å². The van der Waals surface area contributed by atoms with Crippen LogP contribution in [0.4, 0.5) is 0 Å². The minimum atomic E-state index is -0.542. The van der Waals surface area contributed by atoms with E-state index in [9.17, 15) is 9.59 Å². The molecule has 11 heteroatoms. The van der Waals surface area contributed by atoms with Crippen LogP contribution < -0.4 is 10.2 Å². The monoisotopic (exact) mass is 626 g/mol. The second kappa shape index (κ2) is 11.3. The molecule has 3 aromatic rings. The predicted molar refractivity (Wildman–Crippen MR) is 149 cm³/mol. The van der Waals surface area contributed by atoms with Gasteiger partial charge < -0.3 is 4.74 Å². The lowest BCUT2D eigenvalue weighted by Crippen LogP contribution is -2.44. The molecule has 0 spiro atoms. The zero-order chi connectivity index (χ0) is 25.1. The fraction of sp³-hybridized carbons (Fsp3) is 0.0417. The van der Waals surface area contributed by atoms with Crippen LogP contribution in [0.15, 0.2) is 70.0 Å². The van der Waals surface area contributed by atoms with E-state index in [0.717, 1.165) is 26.8 Å². The molecule has 2 amide bonds. The lowest BCUT2D eigenvalue weighted by molar-refractivity contribution is -0.123. The van der Waals surface area contributed by atoms with E-state index in [1.54, 1.807) is 54.6 Å². The lowest BCUT2D eigenvalue weighted by Gasteiger charge is -2.16. The summed E-state index contributed by atoms with van der Waals surface area (Å²) in [6.07, 6.45) is 1.66. The predicted octanol–water partition coefficient (Wildman–Crippen LogP) is 7.53. The molecule has 1 fully saturated rings. The van der Waals surface area contributed by atoms with Crippen LogP contribution >= 0.6 is 74.7 Å². The van der Waals surface area contributed by atoms with Gasteiger partial charge in [-0.2, -0.15) is 5.01 Å². The van der Waals surface area contributed by atoms with Gasteiger partial charge in [0.1, 0.15) is 12.4 Å². The zero-order valence-electron chi connectivity index (χ0n) is 17.6. The van der Waals surface area contributed by atoms with E-state index in [-0.39, 0.29) is 21.5 Å². The molecule has 0 unspecified atom stereocenters. The largest absolute Gasteiger partial charge is 0.488 e. The Balaban J connectivity index is 1.54. The molecule has 0 aromatic heterocycles. The van der Waals surface area contributed by atoms with Crippen molar-refractivity contribution in [3.05, 3.63) is 102 Å². The molecule has 1 aliphatic heterocycles. The number of rotatable bonds is 6. The van der Waals surface area contributed by atoms with Gasteiger partial charge in [0.05, 0.1) is 15.5 Å². The first kappa shape index (κ1) is 26.0. The van der Waals surface area contributed by atoms with Crippen LogP contribution in [0, 0.1) is 0 Å². The molecule has 0 atom stereocenters. The fourth-order valence-corrected chi connectivity index (χ4v) is 5.30. The van der Waals surface area contributed by atoms with Crippen molar-refractivity contribution in [1.29, 1.82) is 0 Å². The Hall–Kier alpha value is -2.07. The highest BCUT2D eigenvalue weighted by Crippen LogP contribution is 2.35. The first-order valence-corrected chi connectivity index (χ1v) is 13.1. The molecule has 178 valence electrons. The van der Waals surface area contributed by atoms with Crippen LogP contribution in [0.25, 0.3) is 6.08 Å². The molecule has 3 aromatic carbocycles. The molecule has 1 N–H and O–H groups in total. The average Bonchev–Trinajstić information content (AvgIpc) is 3.07.